The van der Waals surface area contributed by atoms with Crippen molar-refractivity contribution in [1.29, 1.82) is 0 Å². The van der Waals surface area contributed by atoms with E-state index in [-0.39, 0.29) is 0 Å². The number of carbonyl (C=O) groups is 1. The van der Waals surface area contributed by atoms with E-state index in [4.69, 9.17) is 9.47 Å². The molecule has 3 heteroatoms. The number of unbranched alkanes of at least 4 members (excludes halogenated alkanes) is 9. The number of benzene rings is 1. The lowest BCUT2D eigenvalue weighted by molar-refractivity contribution is 0.0973. The third-order valence-electron chi connectivity index (χ3n) is 4.47. The Kier molecular flexibility index (Phi) is 11.8. The zero-order valence-corrected chi connectivity index (χ0v) is 16.4. The summed E-state index contributed by atoms with van der Waals surface area (Å²) in [5.74, 6) is 1.01. The van der Waals surface area contributed by atoms with Crippen molar-refractivity contribution < 1.29 is 14.3 Å². The molecule has 0 amide bonds. The third-order valence-corrected chi connectivity index (χ3v) is 4.47. The topological polar surface area (TPSA) is 35.5 Å². The molecule has 1 rings (SSSR count). The fourth-order valence-electron chi connectivity index (χ4n) is 2.79. The fraction of sp³-hybridized carbons (Fsp3) is 0.682. The van der Waals surface area contributed by atoms with Crippen molar-refractivity contribution in [3.63, 3.8) is 0 Å². The Balaban J connectivity index is 1.98. The second kappa shape index (κ2) is 13.7. The molecule has 0 unspecified atom stereocenters. The molecule has 0 saturated heterocycles. The third kappa shape index (κ3) is 10.9. The summed E-state index contributed by atoms with van der Waals surface area (Å²) in [7, 11) is 0. The molecule has 1 aromatic carbocycles. The van der Waals surface area contributed by atoms with Gasteiger partial charge in [0.15, 0.2) is 0 Å². The molecule has 0 atom stereocenters. The summed E-state index contributed by atoms with van der Waals surface area (Å²) in [6.07, 6.45) is 12.1. The van der Waals surface area contributed by atoms with Crippen molar-refractivity contribution in [3.8, 4) is 5.75 Å². The molecule has 0 aromatic heterocycles. The van der Waals surface area contributed by atoms with Crippen LogP contribution >= 0.6 is 0 Å². The van der Waals surface area contributed by atoms with E-state index in [1.807, 2.05) is 24.3 Å². The predicted molar refractivity (Wildman–Crippen MR) is 104 cm³/mol. The summed E-state index contributed by atoms with van der Waals surface area (Å²) >= 11 is 0. The SMILES string of the molecule is CCCCCCCCCCCCOC(=O)Oc1ccc(C(C)C)cc1. The largest absolute Gasteiger partial charge is 0.513 e. The number of carbonyl (C=O) groups excluding carboxylic acids is 1. The maximum Gasteiger partial charge on any atom is 0.513 e. The molecule has 0 fully saturated rings. The van der Waals surface area contributed by atoms with Gasteiger partial charge in [0.2, 0.25) is 0 Å². The van der Waals surface area contributed by atoms with Crippen molar-refractivity contribution >= 4 is 6.16 Å². The van der Waals surface area contributed by atoms with Gasteiger partial charge in [-0.1, -0.05) is 90.7 Å². The van der Waals surface area contributed by atoms with Gasteiger partial charge in [0.1, 0.15) is 5.75 Å². The summed E-state index contributed by atoms with van der Waals surface area (Å²) in [6.45, 7) is 6.97. The zero-order chi connectivity index (χ0) is 18.3. The molecule has 0 aliphatic carbocycles. The van der Waals surface area contributed by atoms with E-state index in [0.29, 0.717) is 18.3 Å². The van der Waals surface area contributed by atoms with Gasteiger partial charge in [-0.05, 0) is 30.0 Å². The van der Waals surface area contributed by atoms with Crippen molar-refractivity contribution in [2.45, 2.75) is 90.9 Å². The first kappa shape index (κ1) is 21.5. The van der Waals surface area contributed by atoms with E-state index >= 15 is 0 Å². The summed E-state index contributed by atoms with van der Waals surface area (Å²) in [5, 5.41) is 0. The maximum absolute atomic E-state index is 11.6. The van der Waals surface area contributed by atoms with Gasteiger partial charge in [0.05, 0.1) is 6.61 Å². The smallest absolute Gasteiger partial charge is 0.434 e. The summed E-state index contributed by atoms with van der Waals surface area (Å²) in [6, 6.07) is 7.60. The average molecular weight is 349 g/mol. The Morgan fingerprint density at radius 2 is 1.36 bits per heavy atom. The summed E-state index contributed by atoms with van der Waals surface area (Å²) in [4.78, 5) is 11.6. The minimum Gasteiger partial charge on any atom is -0.434 e. The number of ether oxygens (including phenoxy) is 2. The zero-order valence-electron chi connectivity index (χ0n) is 16.4. The van der Waals surface area contributed by atoms with Gasteiger partial charge >= 0.3 is 6.16 Å². The number of hydrogen-bond acceptors (Lipinski definition) is 3. The molecule has 1 aromatic rings. The standard InChI is InChI=1S/C22H36O3/c1-4-5-6-7-8-9-10-11-12-13-18-24-22(23)25-21-16-14-20(15-17-21)19(2)3/h14-17,19H,4-13,18H2,1-3H3. The van der Waals surface area contributed by atoms with Crippen LogP contribution in [0.3, 0.4) is 0 Å². The Labute approximate surface area is 154 Å². The Hall–Kier alpha value is -1.51. The van der Waals surface area contributed by atoms with Crippen molar-refractivity contribution in [1.82, 2.24) is 0 Å². The van der Waals surface area contributed by atoms with Crippen LogP contribution in [0.2, 0.25) is 0 Å². The molecule has 3 nitrogen and oxygen atoms in total. The maximum atomic E-state index is 11.6. The monoisotopic (exact) mass is 348 g/mol. The van der Waals surface area contributed by atoms with Gasteiger partial charge in [0.25, 0.3) is 0 Å². The van der Waals surface area contributed by atoms with Crippen LogP contribution in [0.4, 0.5) is 4.79 Å². The molecular weight excluding hydrogens is 312 g/mol. The quantitative estimate of drug-likeness (QED) is 0.214. The van der Waals surface area contributed by atoms with Crippen LogP contribution in [0.25, 0.3) is 0 Å². The lowest BCUT2D eigenvalue weighted by Crippen LogP contribution is -2.11. The first-order chi connectivity index (χ1) is 12.1. The molecule has 0 aliphatic rings. The van der Waals surface area contributed by atoms with Crippen molar-refractivity contribution in [2.24, 2.45) is 0 Å². The normalized spacial score (nSPS) is 10.9. The van der Waals surface area contributed by atoms with Crippen LogP contribution in [0.5, 0.6) is 5.75 Å². The van der Waals surface area contributed by atoms with Crippen LogP contribution in [0.15, 0.2) is 24.3 Å². The molecule has 142 valence electrons. The van der Waals surface area contributed by atoms with Crippen LogP contribution < -0.4 is 4.74 Å². The molecule has 0 heterocycles. The second-order valence-electron chi connectivity index (χ2n) is 7.11. The number of rotatable bonds is 13. The Morgan fingerprint density at radius 3 is 1.88 bits per heavy atom. The van der Waals surface area contributed by atoms with Crippen molar-refractivity contribution in [3.05, 3.63) is 29.8 Å². The van der Waals surface area contributed by atoms with E-state index in [0.717, 1.165) is 12.8 Å². The van der Waals surface area contributed by atoms with E-state index < -0.39 is 6.16 Å². The van der Waals surface area contributed by atoms with Crippen LogP contribution in [0, 0.1) is 0 Å². The van der Waals surface area contributed by atoms with Gasteiger partial charge in [-0.3, -0.25) is 0 Å². The van der Waals surface area contributed by atoms with Crippen LogP contribution in [-0.2, 0) is 4.74 Å². The van der Waals surface area contributed by atoms with Gasteiger partial charge < -0.3 is 9.47 Å². The summed E-state index contributed by atoms with van der Waals surface area (Å²) in [5.41, 5.74) is 1.23. The predicted octanol–water partition coefficient (Wildman–Crippen LogP) is 7.25. The number of hydrogen-bond donors (Lipinski definition) is 0. The fourth-order valence-corrected chi connectivity index (χ4v) is 2.79. The first-order valence-electron chi connectivity index (χ1n) is 10.1. The van der Waals surface area contributed by atoms with Crippen molar-refractivity contribution in [2.75, 3.05) is 6.61 Å². The highest BCUT2D eigenvalue weighted by Gasteiger charge is 2.06. The summed E-state index contributed by atoms with van der Waals surface area (Å²) < 4.78 is 10.3. The average Bonchev–Trinajstić information content (AvgIpc) is 2.60. The minimum absolute atomic E-state index is 0.444. The molecular formula is C22H36O3. The molecule has 25 heavy (non-hydrogen) atoms. The molecule has 0 spiro atoms. The lowest BCUT2D eigenvalue weighted by atomic mass is 10.0. The molecule has 0 saturated carbocycles. The van der Waals surface area contributed by atoms with Gasteiger partial charge in [-0.2, -0.15) is 0 Å². The Bertz CT molecular complexity index is 451. The van der Waals surface area contributed by atoms with Gasteiger partial charge in [-0.15, -0.1) is 0 Å². The molecule has 0 bridgehead atoms. The highest BCUT2D eigenvalue weighted by molar-refractivity contribution is 5.63. The van der Waals surface area contributed by atoms with E-state index in [9.17, 15) is 4.79 Å². The van der Waals surface area contributed by atoms with Gasteiger partial charge in [-0.25, -0.2) is 4.79 Å². The highest BCUT2D eigenvalue weighted by Crippen LogP contribution is 2.19. The second-order valence-corrected chi connectivity index (χ2v) is 7.11. The molecule has 0 aliphatic heterocycles. The van der Waals surface area contributed by atoms with E-state index in [2.05, 4.69) is 20.8 Å². The van der Waals surface area contributed by atoms with E-state index in [1.165, 1.54) is 56.9 Å². The van der Waals surface area contributed by atoms with Crippen LogP contribution in [0.1, 0.15) is 96.5 Å². The van der Waals surface area contributed by atoms with E-state index in [1.54, 1.807) is 0 Å². The van der Waals surface area contributed by atoms with Crippen LogP contribution in [-0.4, -0.2) is 12.8 Å². The van der Waals surface area contributed by atoms with Gasteiger partial charge in [0, 0.05) is 0 Å². The lowest BCUT2D eigenvalue weighted by Gasteiger charge is -2.08. The Morgan fingerprint density at radius 1 is 0.840 bits per heavy atom. The molecule has 0 N–H and O–H groups in total. The molecule has 0 radical (unpaired) electrons. The first-order valence-corrected chi connectivity index (χ1v) is 10.1. The highest BCUT2D eigenvalue weighted by atomic mass is 16.7. The minimum atomic E-state index is -0.603.